The van der Waals surface area contributed by atoms with E-state index >= 15 is 0 Å². The van der Waals surface area contributed by atoms with Gasteiger partial charge in [-0.15, -0.1) is 0 Å². The van der Waals surface area contributed by atoms with Crippen molar-refractivity contribution in [2.24, 2.45) is 5.84 Å². The van der Waals surface area contributed by atoms with Crippen LogP contribution in [-0.4, -0.2) is 12.1 Å². The SMILES string of the molecule is COc1ccc2nc3c(c(NN)c2c1)CCCCC3. The fraction of sp³-hybridized carbons (Fsp3) is 0.400. The van der Waals surface area contributed by atoms with Gasteiger partial charge in [-0.05, 0) is 49.4 Å². The maximum atomic E-state index is 5.76. The second-order valence-corrected chi connectivity index (χ2v) is 5.00. The van der Waals surface area contributed by atoms with Crippen LogP contribution in [0.1, 0.15) is 30.5 Å². The average molecular weight is 257 g/mol. The van der Waals surface area contributed by atoms with Crippen molar-refractivity contribution in [1.82, 2.24) is 4.98 Å². The topological polar surface area (TPSA) is 60.2 Å². The molecule has 4 heteroatoms. The number of nitrogens with zero attached hydrogens (tertiary/aromatic N) is 1. The number of aryl methyl sites for hydroxylation is 1. The summed E-state index contributed by atoms with van der Waals surface area (Å²) in [6.45, 7) is 0. The monoisotopic (exact) mass is 257 g/mol. The van der Waals surface area contributed by atoms with Crippen LogP contribution >= 0.6 is 0 Å². The molecule has 4 nitrogen and oxygen atoms in total. The van der Waals surface area contributed by atoms with Gasteiger partial charge in [-0.3, -0.25) is 10.8 Å². The van der Waals surface area contributed by atoms with Gasteiger partial charge in [0.05, 0.1) is 18.3 Å². The van der Waals surface area contributed by atoms with Gasteiger partial charge in [-0.2, -0.15) is 0 Å². The van der Waals surface area contributed by atoms with E-state index in [1.165, 1.54) is 30.5 Å². The molecule has 3 rings (SSSR count). The minimum Gasteiger partial charge on any atom is -0.497 e. The maximum absolute atomic E-state index is 5.76. The summed E-state index contributed by atoms with van der Waals surface area (Å²) in [7, 11) is 1.67. The molecule has 0 fully saturated rings. The molecule has 3 N–H and O–H groups in total. The third kappa shape index (κ3) is 2.12. The van der Waals surface area contributed by atoms with E-state index in [0.29, 0.717) is 0 Å². The molecule has 0 bridgehead atoms. The Balaban J connectivity index is 2.27. The summed E-state index contributed by atoms with van der Waals surface area (Å²) in [5.41, 5.74) is 7.35. The maximum Gasteiger partial charge on any atom is 0.119 e. The normalized spacial score (nSPS) is 14.8. The van der Waals surface area contributed by atoms with Crippen molar-refractivity contribution in [3.63, 3.8) is 0 Å². The predicted octanol–water partition coefficient (Wildman–Crippen LogP) is 2.80. The van der Waals surface area contributed by atoms with E-state index in [-0.39, 0.29) is 0 Å². The summed E-state index contributed by atoms with van der Waals surface area (Å²) in [4.78, 5) is 4.81. The highest BCUT2D eigenvalue weighted by molar-refractivity contribution is 5.94. The highest BCUT2D eigenvalue weighted by Gasteiger charge is 2.16. The van der Waals surface area contributed by atoms with Crippen molar-refractivity contribution < 1.29 is 4.74 Å². The van der Waals surface area contributed by atoms with E-state index in [2.05, 4.69) is 5.43 Å². The first-order valence-electron chi connectivity index (χ1n) is 6.79. The Bertz CT molecular complexity index is 610. The summed E-state index contributed by atoms with van der Waals surface area (Å²) in [5.74, 6) is 6.60. The molecule has 1 aromatic carbocycles. The number of nitrogen functional groups attached to an aromatic ring is 1. The molecular weight excluding hydrogens is 238 g/mol. The third-order valence-electron chi connectivity index (χ3n) is 3.86. The number of fused-ring (bicyclic) bond motifs is 2. The van der Waals surface area contributed by atoms with Crippen LogP contribution < -0.4 is 16.0 Å². The number of pyridine rings is 1. The number of ether oxygens (including phenoxy) is 1. The summed E-state index contributed by atoms with van der Waals surface area (Å²) in [6, 6.07) is 5.95. The van der Waals surface area contributed by atoms with Gasteiger partial charge in [0.25, 0.3) is 0 Å². The number of benzene rings is 1. The molecule has 1 aliphatic rings. The number of anilines is 1. The van der Waals surface area contributed by atoms with E-state index in [1.54, 1.807) is 7.11 Å². The first kappa shape index (κ1) is 12.2. The highest BCUT2D eigenvalue weighted by Crippen LogP contribution is 2.33. The van der Waals surface area contributed by atoms with Gasteiger partial charge in [0, 0.05) is 11.1 Å². The van der Waals surface area contributed by atoms with E-state index in [9.17, 15) is 0 Å². The fourth-order valence-corrected chi connectivity index (χ4v) is 2.87. The number of hydrogen-bond donors (Lipinski definition) is 2. The van der Waals surface area contributed by atoms with Crippen LogP contribution in [0.4, 0.5) is 5.69 Å². The number of methoxy groups -OCH3 is 1. The molecule has 0 unspecified atom stereocenters. The molecule has 1 aromatic heterocycles. The molecule has 0 radical (unpaired) electrons. The van der Waals surface area contributed by atoms with Crippen LogP contribution in [0.3, 0.4) is 0 Å². The summed E-state index contributed by atoms with van der Waals surface area (Å²) >= 11 is 0. The quantitative estimate of drug-likeness (QED) is 0.493. The van der Waals surface area contributed by atoms with Gasteiger partial charge in [-0.1, -0.05) is 6.42 Å². The Hall–Kier alpha value is -1.81. The number of hydrogen-bond acceptors (Lipinski definition) is 4. The Kier molecular flexibility index (Phi) is 3.25. The number of rotatable bonds is 2. The van der Waals surface area contributed by atoms with Crippen LogP contribution in [0.5, 0.6) is 5.75 Å². The van der Waals surface area contributed by atoms with Crippen molar-refractivity contribution in [3.05, 3.63) is 29.5 Å². The number of nitrogens with one attached hydrogen (secondary N) is 1. The minimum absolute atomic E-state index is 0.833. The van der Waals surface area contributed by atoms with Gasteiger partial charge in [0.15, 0.2) is 0 Å². The van der Waals surface area contributed by atoms with E-state index in [1.807, 2.05) is 18.2 Å². The van der Waals surface area contributed by atoms with Crippen molar-refractivity contribution >= 4 is 16.6 Å². The summed E-state index contributed by atoms with van der Waals surface area (Å²) < 4.78 is 5.29. The summed E-state index contributed by atoms with van der Waals surface area (Å²) in [6.07, 6.45) is 5.78. The van der Waals surface area contributed by atoms with Crippen LogP contribution in [0.2, 0.25) is 0 Å². The molecule has 100 valence electrons. The lowest BCUT2D eigenvalue weighted by Crippen LogP contribution is -2.12. The standard InChI is InChI=1S/C15H19N3O/c1-19-10-7-8-14-12(9-10)15(18-16)11-5-3-2-4-6-13(11)17-14/h7-9H,2-6,16H2,1H3,(H,17,18). The second kappa shape index (κ2) is 5.05. The van der Waals surface area contributed by atoms with Gasteiger partial charge in [0.1, 0.15) is 5.75 Å². The molecule has 1 aliphatic carbocycles. The van der Waals surface area contributed by atoms with Crippen LogP contribution in [0, 0.1) is 0 Å². The molecule has 1 heterocycles. The zero-order chi connectivity index (χ0) is 13.2. The van der Waals surface area contributed by atoms with Crippen molar-refractivity contribution in [2.45, 2.75) is 32.1 Å². The molecule has 0 aliphatic heterocycles. The minimum atomic E-state index is 0.833. The van der Waals surface area contributed by atoms with E-state index in [4.69, 9.17) is 15.6 Å². The Labute approximate surface area is 112 Å². The zero-order valence-electron chi connectivity index (χ0n) is 11.2. The van der Waals surface area contributed by atoms with E-state index < -0.39 is 0 Å². The van der Waals surface area contributed by atoms with Gasteiger partial charge < -0.3 is 10.2 Å². The van der Waals surface area contributed by atoms with Crippen LogP contribution in [-0.2, 0) is 12.8 Å². The first-order valence-corrected chi connectivity index (χ1v) is 6.79. The predicted molar refractivity (Wildman–Crippen MR) is 77.4 cm³/mol. The molecule has 19 heavy (non-hydrogen) atoms. The molecule has 0 atom stereocenters. The molecule has 0 amide bonds. The number of hydrazine groups is 1. The zero-order valence-corrected chi connectivity index (χ0v) is 11.2. The first-order chi connectivity index (χ1) is 9.33. The lowest BCUT2D eigenvalue weighted by Gasteiger charge is -2.15. The Morgan fingerprint density at radius 2 is 2.05 bits per heavy atom. The lowest BCUT2D eigenvalue weighted by atomic mass is 10.0. The average Bonchev–Trinajstić information content (AvgIpc) is 2.69. The second-order valence-electron chi connectivity index (χ2n) is 5.00. The lowest BCUT2D eigenvalue weighted by molar-refractivity contribution is 0.415. The van der Waals surface area contributed by atoms with Crippen molar-refractivity contribution in [1.29, 1.82) is 0 Å². The number of nitrogens with two attached hydrogens (primary N) is 1. The van der Waals surface area contributed by atoms with E-state index in [0.717, 1.165) is 35.2 Å². The molecular formula is C15H19N3O. The van der Waals surface area contributed by atoms with Crippen LogP contribution in [0.15, 0.2) is 18.2 Å². The van der Waals surface area contributed by atoms with Crippen LogP contribution in [0.25, 0.3) is 10.9 Å². The Morgan fingerprint density at radius 1 is 1.21 bits per heavy atom. The smallest absolute Gasteiger partial charge is 0.119 e. The Morgan fingerprint density at radius 3 is 2.84 bits per heavy atom. The number of aromatic nitrogens is 1. The van der Waals surface area contributed by atoms with Crippen molar-refractivity contribution in [3.8, 4) is 5.75 Å². The van der Waals surface area contributed by atoms with Crippen molar-refractivity contribution in [2.75, 3.05) is 12.5 Å². The largest absolute Gasteiger partial charge is 0.497 e. The van der Waals surface area contributed by atoms with Gasteiger partial charge in [-0.25, -0.2) is 0 Å². The summed E-state index contributed by atoms with van der Waals surface area (Å²) in [5, 5.41) is 1.04. The molecule has 2 aromatic rings. The molecule has 0 saturated carbocycles. The third-order valence-corrected chi connectivity index (χ3v) is 3.86. The fourth-order valence-electron chi connectivity index (χ4n) is 2.87. The van der Waals surface area contributed by atoms with Gasteiger partial charge >= 0.3 is 0 Å². The molecule has 0 saturated heterocycles. The van der Waals surface area contributed by atoms with Gasteiger partial charge in [0.2, 0.25) is 0 Å². The highest BCUT2D eigenvalue weighted by atomic mass is 16.5. The molecule has 0 spiro atoms.